The molecule has 0 fully saturated rings. The van der Waals surface area contributed by atoms with Gasteiger partial charge in [-0.3, -0.25) is 0 Å². The molecule has 0 aliphatic rings. The van der Waals surface area contributed by atoms with Crippen LogP contribution in [0.25, 0.3) is 0 Å². The Morgan fingerprint density at radius 1 is 1.24 bits per heavy atom. The van der Waals surface area contributed by atoms with E-state index in [0.29, 0.717) is 14.7 Å². The summed E-state index contributed by atoms with van der Waals surface area (Å²) in [5, 5.41) is 0. The molecular weight excluding hydrogens is 357 g/mol. The molecule has 2 rings (SSSR count). The van der Waals surface area contributed by atoms with E-state index >= 15 is 0 Å². The van der Waals surface area contributed by atoms with E-state index in [4.69, 9.17) is 10.5 Å². The van der Waals surface area contributed by atoms with Crippen LogP contribution in [0.2, 0.25) is 0 Å². The van der Waals surface area contributed by atoms with Crippen molar-refractivity contribution in [1.29, 1.82) is 0 Å². The number of nitrogens with two attached hydrogens (primary N) is 1. The molecule has 88 valence electrons. The number of hydrogen-bond acceptors (Lipinski definition) is 4. The Morgan fingerprint density at radius 2 is 2.00 bits per heavy atom. The third-order valence-electron chi connectivity index (χ3n) is 1.84. The van der Waals surface area contributed by atoms with Crippen molar-refractivity contribution < 1.29 is 9.13 Å². The lowest BCUT2D eigenvalue weighted by Gasteiger charge is -2.07. The summed E-state index contributed by atoms with van der Waals surface area (Å²) in [6.07, 6.45) is 1.48. The van der Waals surface area contributed by atoms with Crippen molar-refractivity contribution in [3.05, 3.63) is 39.2 Å². The zero-order valence-corrected chi connectivity index (χ0v) is 11.5. The molecule has 0 atom stereocenters. The standard InChI is InChI=1S/C10H6Br2FN3O/c11-6-3-5(1-2-8(6)13)17-9-7(12)4-15-10(14)16-9/h1-4H,(H2,14,15,16). The second kappa shape index (κ2) is 4.97. The summed E-state index contributed by atoms with van der Waals surface area (Å²) in [7, 11) is 0. The van der Waals surface area contributed by atoms with E-state index in [-0.39, 0.29) is 17.6 Å². The fourth-order valence-corrected chi connectivity index (χ4v) is 1.72. The summed E-state index contributed by atoms with van der Waals surface area (Å²) < 4.78 is 19.3. The molecule has 0 bridgehead atoms. The lowest BCUT2D eigenvalue weighted by molar-refractivity contribution is 0.457. The maximum atomic E-state index is 13.0. The summed E-state index contributed by atoms with van der Waals surface area (Å²) >= 11 is 6.30. The molecule has 0 saturated carbocycles. The third kappa shape index (κ3) is 2.92. The Hall–Kier alpha value is -1.21. The molecule has 1 aromatic carbocycles. The number of rotatable bonds is 2. The van der Waals surface area contributed by atoms with Gasteiger partial charge >= 0.3 is 0 Å². The Labute approximate surface area is 113 Å². The molecule has 2 aromatic rings. The molecule has 0 aliphatic heterocycles. The zero-order chi connectivity index (χ0) is 12.4. The van der Waals surface area contributed by atoms with E-state index in [1.54, 1.807) is 0 Å². The quantitative estimate of drug-likeness (QED) is 0.887. The molecule has 0 saturated heterocycles. The van der Waals surface area contributed by atoms with Crippen molar-refractivity contribution in [3.8, 4) is 11.6 Å². The van der Waals surface area contributed by atoms with E-state index in [2.05, 4.69) is 41.8 Å². The van der Waals surface area contributed by atoms with E-state index in [1.165, 1.54) is 24.4 Å². The van der Waals surface area contributed by atoms with Gasteiger partial charge in [-0.1, -0.05) is 0 Å². The molecule has 7 heteroatoms. The smallest absolute Gasteiger partial charge is 0.238 e. The molecule has 0 radical (unpaired) electrons. The minimum atomic E-state index is -0.362. The van der Waals surface area contributed by atoms with Gasteiger partial charge in [0.1, 0.15) is 11.6 Å². The monoisotopic (exact) mass is 361 g/mol. The van der Waals surface area contributed by atoms with Gasteiger partial charge in [-0.2, -0.15) is 4.98 Å². The van der Waals surface area contributed by atoms with Gasteiger partial charge in [0.2, 0.25) is 11.8 Å². The van der Waals surface area contributed by atoms with Gasteiger partial charge in [-0.05, 0) is 50.1 Å². The van der Waals surface area contributed by atoms with Gasteiger partial charge in [-0.15, -0.1) is 0 Å². The predicted molar refractivity (Wildman–Crippen MR) is 68.3 cm³/mol. The average molecular weight is 363 g/mol. The maximum absolute atomic E-state index is 13.0. The average Bonchev–Trinajstić information content (AvgIpc) is 2.29. The van der Waals surface area contributed by atoms with Gasteiger partial charge in [0.25, 0.3) is 0 Å². The normalized spacial score (nSPS) is 10.3. The topological polar surface area (TPSA) is 61.0 Å². The molecule has 2 N–H and O–H groups in total. The number of hydrogen-bond donors (Lipinski definition) is 1. The van der Waals surface area contributed by atoms with Crippen LogP contribution in [0.15, 0.2) is 33.3 Å². The van der Waals surface area contributed by atoms with Crippen LogP contribution in [0, 0.1) is 5.82 Å². The van der Waals surface area contributed by atoms with Crippen molar-refractivity contribution in [2.45, 2.75) is 0 Å². The Balaban J connectivity index is 2.31. The van der Waals surface area contributed by atoms with E-state index in [1.807, 2.05) is 0 Å². The Morgan fingerprint density at radius 3 is 2.71 bits per heavy atom. The first-order chi connectivity index (χ1) is 8.06. The summed E-state index contributed by atoms with van der Waals surface area (Å²) in [6.45, 7) is 0. The summed E-state index contributed by atoms with van der Waals surface area (Å²) in [6, 6.07) is 4.28. The van der Waals surface area contributed by atoms with Crippen LogP contribution in [0.3, 0.4) is 0 Å². The van der Waals surface area contributed by atoms with Crippen LogP contribution in [0.1, 0.15) is 0 Å². The molecule has 0 unspecified atom stereocenters. The molecule has 0 spiro atoms. The fraction of sp³-hybridized carbons (Fsp3) is 0. The molecule has 1 aromatic heterocycles. The van der Waals surface area contributed by atoms with Gasteiger partial charge < -0.3 is 10.5 Å². The first kappa shape index (κ1) is 12.3. The van der Waals surface area contributed by atoms with Gasteiger partial charge in [-0.25, -0.2) is 9.37 Å². The van der Waals surface area contributed by atoms with Crippen LogP contribution in [-0.4, -0.2) is 9.97 Å². The van der Waals surface area contributed by atoms with Crippen LogP contribution in [-0.2, 0) is 0 Å². The first-order valence-corrected chi connectivity index (χ1v) is 6.06. The second-order valence-electron chi connectivity index (χ2n) is 3.06. The predicted octanol–water partition coefficient (Wildman–Crippen LogP) is 3.52. The number of anilines is 1. The first-order valence-electron chi connectivity index (χ1n) is 4.47. The molecule has 1 heterocycles. The molecule has 4 nitrogen and oxygen atoms in total. The van der Waals surface area contributed by atoms with Crippen LogP contribution in [0.4, 0.5) is 10.3 Å². The SMILES string of the molecule is Nc1ncc(Br)c(Oc2ccc(F)c(Br)c2)n1. The third-order valence-corrected chi connectivity index (χ3v) is 2.99. The van der Waals surface area contributed by atoms with E-state index in [0.717, 1.165) is 0 Å². The van der Waals surface area contributed by atoms with Crippen LogP contribution in [0.5, 0.6) is 11.6 Å². The Bertz CT molecular complexity index is 565. The maximum Gasteiger partial charge on any atom is 0.238 e. The van der Waals surface area contributed by atoms with E-state index < -0.39 is 0 Å². The number of aromatic nitrogens is 2. The van der Waals surface area contributed by atoms with E-state index in [9.17, 15) is 4.39 Å². The highest BCUT2D eigenvalue weighted by molar-refractivity contribution is 9.10. The molecular formula is C10H6Br2FN3O. The minimum Gasteiger partial charge on any atom is -0.438 e. The highest BCUT2D eigenvalue weighted by Crippen LogP contribution is 2.29. The summed E-state index contributed by atoms with van der Waals surface area (Å²) in [5.74, 6) is 0.455. The number of ether oxygens (including phenoxy) is 1. The molecule has 0 amide bonds. The van der Waals surface area contributed by atoms with Crippen molar-refractivity contribution >= 4 is 37.8 Å². The van der Waals surface area contributed by atoms with Gasteiger partial charge in [0, 0.05) is 0 Å². The van der Waals surface area contributed by atoms with Crippen molar-refractivity contribution in [1.82, 2.24) is 9.97 Å². The van der Waals surface area contributed by atoms with Gasteiger partial charge in [0.15, 0.2) is 0 Å². The largest absolute Gasteiger partial charge is 0.438 e. The molecule has 17 heavy (non-hydrogen) atoms. The van der Waals surface area contributed by atoms with Crippen molar-refractivity contribution in [2.24, 2.45) is 0 Å². The highest BCUT2D eigenvalue weighted by atomic mass is 79.9. The number of nitrogen functional groups attached to an aromatic ring is 1. The lowest BCUT2D eigenvalue weighted by Crippen LogP contribution is -1.97. The Kier molecular flexibility index (Phi) is 3.58. The summed E-state index contributed by atoms with van der Waals surface area (Å²) in [4.78, 5) is 7.69. The number of halogens is 3. The van der Waals surface area contributed by atoms with Crippen molar-refractivity contribution in [2.75, 3.05) is 5.73 Å². The number of benzene rings is 1. The summed E-state index contributed by atoms with van der Waals surface area (Å²) in [5.41, 5.74) is 5.44. The second-order valence-corrected chi connectivity index (χ2v) is 4.77. The minimum absolute atomic E-state index is 0.101. The zero-order valence-electron chi connectivity index (χ0n) is 8.32. The number of nitrogens with zero attached hydrogens (tertiary/aromatic N) is 2. The van der Waals surface area contributed by atoms with Crippen LogP contribution < -0.4 is 10.5 Å². The molecule has 0 aliphatic carbocycles. The van der Waals surface area contributed by atoms with Gasteiger partial charge in [0.05, 0.1) is 15.1 Å². The lowest BCUT2D eigenvalue weighted by atomic mass is 10.3. The van der Waals surface area contributed by atoms with Crippen molar-refractivity contribution in [3.63, 3.8) is 0 Å². The fourth-order valence-electron chi connectivity index (χ4n) is 1.09. The highest BCUT2D eigenvalue weighted by Gasteiger charge is 2.07. The van der Waals surface area contributed by atoms with Crippen LogP contribution >= 0.6 is 31.9 Å².